The Morgan fingerprint density at radius 1 is 1.11 bits per heavy atom. The number of ether oxygens (including phenoxy) is 1. The molecule has 0 atom stereocenters. The first-order chi connectivity index (χ1) is 10.9. The average molecular weight is 268 g/mol. The lowest BCUT2D eigenvalue weighted by Crippen LogP contribution is -2.06. The molecule has 0 aliphatic rings. The molecule has 1 aromatic rings. The molecule has 1 N–H and O–H groups in total. The molecule has 19 heavy (non-hydrogen) atoms. The Morgan fingerprint density at radius 2 is 1.68 bits per heavy atom. The van der Waals surface area contributed by atoms with Crippen LogP contribution >= 0.6 is 0 Å². The topological polar surface area (TPSA) is 46.5 Å². The molecule has 106 valence electrons. The van der Waals surface area contributed by atoms with Crippen LogP contribution in [0.5, 0.6) is 5.75 Å². The van der Waals surface area contributed by atoms with E-state index in [0.717, 1.165) is 19.3 Å². The van der Waals surface area contributed by atoms with Crippen LogP contribution in [0.4, 0.5) is 0 Å². The zero-order valence-electron chi connectivity index (χ0n) is 15.4. The first-order valence-electron chi connectivity index (χ1n) is 8.88. The van der Waals surface area contributed by atoms with Crippen LogP contribution < -0.4 is 0 Å². The summed E-state index contributed by atoms with van der Waals surface area (Å²) in [7, 11) is 0. The lowest BCUT2D eigenvalue weighted by molar-refractivity contribution is 0.0497. The van der Waals surface area contributed by atoms with Crippen LogP contribution in [-0.4, -0.2) is 17.7 Å². The van der Waals surface area contributed by atoms with Crippen molar-refractivity contribution in [3.63, 3.8) is 0 Å². The molecule has 1 aromatic carbocycles. The van der Waals surface area contributed by atoms with E-state index < -0.39 is 41.5 Å². The van der Waals surface area contributed by atoms with Gasteiger partial charge in [-0.1, -0.05) is 45.4 Å². The SMILES string of the molecule is [2H]c1c([2H])c(C(=O)OCCCCCCCCC)c([2H])c([2H])c1O. The van der Waals surface area contributed by atoms with E-state index in [0.29, 0.717) is 6.42 Å². The van der Waals surface area contributed by atoms with Gasteiger partial charge >= 0.3 is 5.97 Å². The summed E-state index contributed by atoms with van der Waals surface area (Å²) >= 11 is 0. The van der Waals surface area contributed by atoms with Gasteiger partial charge in [0.25, 0.3) is 0 Å². The van der Waals surface area contributed by atoms with Crippen molar-refractivity contribution >= 4 is 5.97 Å². The first-order valence-corrected chi connectivity index (χ1v) is 6.88. The molecule has 0 aliphatic carbocycles. The molecule has 3 nitrogen and oxygen atoms in total. The summed E-state index contributed by atoms with van der Waals surface area (Å²) < 4.78 is 35.3. The van der Waals surface area contributed by atoms with Gasteiger partial charge < -0.3 is 9.84 Å². The van der Waals surface area contributed by atoms with Crippen molar-refractivity contribution in [2.45, 2.75) is 51.9 Å². The van der Waals surface area contributed by atoms with E-state index in [1.807, 2.05) is 0 Å². The molecule has 0 unspecified atom stereocenters. The van der Waals surface area contributed by atoms with Gasteiger partial charge in [0.05, 0.1) is 17.7 Å². The largest absolute Gasteiger partial charge is 0.508 e. The molecule has 0 aliphatic heterocycles. The number of carbonyl (C=O) groups is 1. The highest BCUT2D eigenvalue weighted by atomic mass is 16.5. The minimum absolute atomic E-state index is 0.188. The van der Waals surface area contributed by atoms with Gasteiger partial charge in [-0.3, -0.25) is 0 Å². The highest BCUT2D eigenvalue weighted by molar-refractivity contribution is 5.89. The Labute approximate surface area is 121 Å². The second-order valence-corrected chi connectivity index (χ2v) is 4.48. The molecule has 3 heteroatoms. The van der Waals surface area contributed by atoms with Gasteiger partial charge in [0, 0.05) is 0 Å². The molecule has 0 saturated heterocycles. The van der Waals surface area contributed by atoms with E-state index in [1.165, 1.54) is 19.3 Å². The van der Waals surface area contributed by atoms with Crippen LogP contribution in [0.15, 0.2) is 24.2 Å². The number of hydrogen-bond acceptors (Lipinski definition) is 3. The molecule has 0 spiro atoms. The predicted molar refractivity (Wildman–Crippen MR) is 76.4 cm³/mol. The number of benzene rings is 1. The van der Waals surface area contributed by atoms with E-state index in [1.54, 1.807) is 0 Å². The Hall–Kier alpha value is -1.51. The third-order valence-corrected chi connectivity index (χ3v) is 2.80. The van der Waals surface area contributed by atoms with E-state index in [-0.39, 0.29) is 6.61 Å². The maximum absolute atomic E-state index is 12.0. The number of rotatable bonds is 9. The highest BCUT2D eigenvalue weighted by Crippen LogP contribution is 2.11. The fraction of sp³-hybridized carbons (Fsp3) is 0.562. The molecule has 0 radical (unpaired) electrons. The summed E-state index contributed by atoms with van der Waals surface area (Å²) in [6.45, 7) is 2.35. The van der Waals surface area contributed by atoms with E-state index >= 15 is 0 Å². The Balaban J connectivity index is 2.50. The number of carbonyl (C=O) groups excluding carboxylic acids is 1. The van der Waals surface area contributed by atoms with Crippen LogP contribution in [0, 0.1) is 0 Å². The van der Waals surface area contributed by atoms with Crippen molar-refractivity contribution in [1.82, 2.24) is 0 Å². The van der Waals surface area contributed by atoms with Crippen molar-refractivity contribution in [3.8, 4) is 5.75 Å². The monoisotopic (exact) mass is 268 g/mol. The molecule has 1 rings (SSSR count). The minimum Gasteiger partial charge on any atom is -0.508 e. The lowest BCUT2D eigenvalue weighted by atomic mass is 10.1. The Bertz CT molecular complexity index is 518. The fourth-order valence-electron chi connectivity index (χ4n) is 1.70. The molecular weight excluding hydrogens is 240 g/mol. The number of phenols is 1. The van der Waals surface area contributed by atoms with Gasteiger partial charge in [-0.25, -0.2) is 4.79 Å². The summed E-state index contributed by atoms with van der Waals surface area (Å²) in [6.07, 6.45) is 7.55. The Morgan fingerprint density at radius 3 is 2.32 bits per heavy atom. The first kappa shape index (κ1) is 10.3. The second-order valence-electron chi connectivity index (χ2n) is 4.48. The third-order valence-electron chi connectivity index (χ3n) is 2.80. The normalized spacial score (nSPS) is 13.3. The summed E-state index contributed by atoms with van der Waals surface area (Å²) in [5.41, 5.74) is -0.430. The molecule has 0 bridgehead atoms. The second kappa shape index (κ2) is 9.42. The van der Waals surface area contributed by atoms with E-state index in [2.05, 4.69) is 6.92 Å². The maximum atomic E-state index is 12.0. The van der Waals surface area contributed by atoms with Crippen LogP contribution in [-0.2, 0) is 4.74 Å². The lowest BCUT2D eigenvalue weighted by Gasteiger charge is -2.05. The molecule has 0 fully saturated rings. The smallest absolute Gasteiger partial charge is 0.338 e. The number of aromatic hydroxyl groups is 1. The summed E-state index contributed by atoms with van der Waals surface area (Å²) in [5, 5.41) is 9.44. The number of phenolic OH excluding ortho intramolecular Hbond substituents is 1. The molecule has 0 aromatic heterocycles. The van der Waals surface area contributed by atoms with Crippen molar-refractivity contribution in [2.75, 3.05) is 6.61 Å². The number of hydrogen-bond donors (Lipinski definition) is 1. The van der Waals surface area contributed by atoms with Crippen LogP contribution in [0.2, 0.25) is 0 Å². The van der Waals surface area contributed by atoms with Crippen molar-refractivity contribution < 1.29 is 20.1 Å². The van der Waals surface area contributed by atoms with Crippen molar-refractivity contribution in [3.05, 3.63) is 29.7 Å². The van der Waals surface area contributed by atoms with E-state index in [9.17, 15) is 9.90 Å². The number of unbranched alkanes of at least 4 members (excludes halogenated alkanes) is 6. The van der Waals surface area contributed by atoms with Crippen LogP contribution in [0.3, 0.4) is 0 Å². The zero-order chi connectivity index (χ0) is 17.4. The summed E-state index contributed by atoms with van der Waals surface area (Å²) in [6, 6.07) is -2.41. The minimum atomic E-state index is -0.881. The standard InChI is InChI=1S/C16H24O3/c1-2-3-4-5-6-7-8-13-19-16(18)14-9-11-15(17)12-10-14/h9-12,17H,2-8,13H2,1H3/i9D,10D,11D,12D. The summed E-state index contributed by atoms with van der Waals surface area (Å²) in [5.74, 6) is -1.64. The number of esters is 1. The molecular formula is C16H24O3. The average Bonchev–Trinajstić information content (AvgIpc) is 2.53. The van der Waals surface area contributed by atoms with Crippen molar-refractivity contribution in [2.24, 2.45) is 0 Å². The highest BCUT2D eigenvalue weighted by Gasteiger charge is 2.06. The van der Waals surface area contributed by atoms with Crippen LogP contribution in [0.25, 0.3) is 0 Å². The Kier molecular flexibility index (Phi) is 5.11. The van der Waals surface area contributed by atoms with Gasteiger partial charge in [0.15, 0.2) is 0 Å². The zero-order valence-corrected chi connectivity index (χ0v) is 11.4. The van der Waals surface area contributed by atoms with Crippen LogP contribution in [0.1, 0.15) is 67.7 Å². The van der Waals surface area contributed by atoms with Gasteiger partial charge in [0.1, 0.15) is 5.75 Å². The molecule has 0 saturated carbocycles. The quantitative estimate of drug-likeness (QED) is 0.536. The maximum Gasteiger partial charge on any atom is 0.338 e. The van der Waals surface area contributed by atoms with Gasteiger partial charge in [-0.2, -0.15) is 0 Å². The fourth-order valence-corrected chi connectivity index (χ4v) is 1.70. The van der Waals surface area contributed by atoms with Gasteiger partial charge in [0.2, 0.25) is 0 Å². The van der Waals surface area contributed by atoms with E-state index in [4.69, 9.17) is 10.2 Å². The molecule has 0 amide bonds. The van der Waals surface area contributed by atoms with Crippen molar-refractivity contribution in [1.29, 1.82) is 0 Å². The van der Waals surface area contributed by atoms with Gasteiger partial charge in [-0.15, -0.1) is 0 Å². The van der Waals surface area contributed by atoms with Gasteiger partial charge in [-0.05, 0) is 30.6 Å². The predicted octanol–water partition coefficient (Wildman–Crippen LogP) is 4.30. The third kappa shape index (κ3) is 6.85. The molecule has 0 heterocycles. The summed E-state index contributed by atoms with van der Waals surface area (Å²) in [4.78, 5) is 12.0.